The number of Topliss-reactive ketones (excluding diaryl/α,β-unsaturated/α-hetero) is 1. The highest BCUT2D eigenvalue weighted by Crippen LogP contribution is 2.21. The van der Waals surface area contributed by atoms with Gasteiger partial charge in [-0.1, -0.05) is 15.9 Å². The molecule has 0 saturated carbocycles. The van der Waals surface area contributed by atoms with E-state index in [0.717, 1.165) is 12.1 Å². The van der Waals surface area contributed by atoms with Crippen LogP contribution in [0, 0.1) is 11.6 Å². The Kier molecular flexibility index (Phi) is 6.08. The highest BCUT2D eigenvalue weighted by Gasteiger charge is 2.17. The summed E-state index contributed by atoms with van der Waals surface area (Å²) in [7, 11) is 1.28. The van der Waals surface area contributed by atoms with Gasteiger partial charge in [0, 0.05) is 17.3 Å². The van der Waals surface area contributed by atoms with Crippen LogP contribution < -0.4 is 0 Å². The summed E-state index contributed by atoms with van der Waals surface area (Å²) in [6.07, 6.45) is 1.00. The van der Waals surface area contributed by atoms with Gasteiger partial charge < -0.3 is 4.74 Å². The van der Waals surface area contributed by atoms with Crippen LogP contribution in [0.1, 0.15) is 36.0 Å². The van der Waals surface area contributed by atoms with E-state index in [-0.39, 0.29) is 23.3 Å². The molecule has 3 nitrogen and oxygen atoms in total. The summed E-state index contributed by atoms with van der Waals surface area (Å²) in [5.41, 5.74) is -0.527. The number of carbonyl (C=O) groups is 2. The molecular formula is C13H13BrF2O3. The van der Waals surface area contributed by atoms with E-state index in [1.165, 1.54) is 7.11 Å². The first-order valence-electron chi connectivity index (χ1n) is 5.70. The molecule has 0 aliphatic carbocycles. The van der Waals surface area contributed by atoms with Gasteiger partial charge in [-0.3, -0.25) is 9.59 Å². The van der Waals surface area contributed by atoms with Crippen LogP contribution in [0.15, 0.2) is 16.6 Å². The van der Waals surface area contributed by atoms with Crippen LogP contribution in [0.4, 0.5) is 8.78 Å². The molecule has 0 bridgehead atoms. The average Bonchev–Trinajstić information content (AvgIpc) is 2.33. The first kappa shape index (κ1) is 15.8. The number of methoxy groups -OCH3 is 1. The van der Waals surface area contributed by atoms with Crippen molar-refractivity contribution in [1.82, 2.24) is 0 Å². The molecule has 0 N–H and O–H groups in total. The van der Waals surface area contributed by atoms with Crippen LogP contribution in [0.2, 0.25) is 0 Å². The molecule has 1 aromatic rings. The molecule has 0 atom stereocenters. The summed E-state index contributed by atoms with van der Waals surface area (Å²) in [6.45, 7) is 0. The zero-order valence-corrected chi connectivity index (χ0v) is 11.9. The second-order valence-corrected chi connectivity index (χ2v) is 4.87. The predicted molar refractivity (Wildman–Crippen MR) is 68.9 cm³/mol. The predicted octanol–water partition coefficient (Wildman–Crippen LogP) is 3.64. The number of rotatable bonds is 6. The molecule has 6 heteroatoms. The van der Waals surface area contributed by atoms with Gasteiger partial charge in [-0.2, -0.15) is 0 Å². The first-order valence-corrected chi connectivity index (χ1v) is 6.49. The zero-order valence-electron chi connectivity index (χ0n) is 10.3. The Morgan fingerprint density at radius 1 is 1.16 bits per heavy atom. The lowest BCUT2D eigenvalue weighted by molar-refractivity contribution is -0.140. The summed E-state index contributed by atoms with van der Waals surface area (Å²) in [5, 5.41) is 0. The smallest absolute Gasteiger partial charge is 0.305 e. The lowest BCUT2D eigenvalue weighted by Crippen LogP contribution is -2.07. The van der Waals surface area contributed by atoms with Crippen molar-refractivity contribution in [2.75, 3.05) is 7.11 Å². The third-order valence-electron chi connectivity index (χ3n) is 2.55. The van der Waals surface area contributed by atoms with Crippen molar-refractivity contribution in [3.63, 3.8) is 0 Å². The zero-order chi connectivity index (χ0) is 14.4. The SMILES string of the molecule is COC(=O)CCCCC(=O)c1c(F)cc(Br)cc1F. The minimum absolute atomic E-state index is 0.00747. The largest absolute Gasteiger partial charge is 0.469 e. The van der Waals surface area contributed by atoms with E-state index >= 15 is 0 Å². The van der Waals surface area contributed by atoms with Crippen LogP contribution in [0.3, 0.4) is 0 Å². The number of benzene rings is 1. The van der Waals surface area contributed by atoms with Gasteiger partial charge in [0.2, 0.25) is 0 Å². The maximum Gasteiger partial charge on any atom is 0.305 e. The van der Waals surface area contributed by atoms with Gasteiger partial charge in [-0.25, -0.2) is 8.78 Å². The number of carbonyl (C=O) groups excluding carboxylic acids is 2. The minimum Gasteiger partial charge on any atom is -0.469 e. The van der Waals surface area contributed by atoms with Gasteiger partial charge >= 0.3 is 5.97 Å². The van der Waals surface area contributed by atoms with Crippen LogP contribution in [-0.2, 0) is 9.53 Å². The monoisotopic (exact) mass is 334 g/mol. The topological polar surface area (TPSA) is 43.4 Å². The molecule has 0 amide bonds. The quantitative estimate of drug-likeness (QED) is 0.453. The fraction of sp³-hybridized carbons (Fsp3) is 0.385. The molecule has 104 valence electrons. The molecule has 19 heavy (non-hydrogen) atoms. The first-order chi connectivity index (χ1) is 8.95. The maximum atomic E-state index is 13.5. The lowest BCUT2D eigenvalue weighted by atomic mass is 10.0. The van der Waals surface area contributed by atoms with Crippen molar-refractivity contribution < 1.29 is 23.1 Å². The van der Waals surface area contributed by atoms with E-state index in [0.29, 0.717) is 12.8 Å². The molecule has 0 saturated heterocycles. The number of ketones is 1. The van der Waals surface area contributed by atoms with Crippen molar-refractivity contribution in [1.29, 1.82) is 0 Å². The molecule has 0 aliphatic rings. The van der Waals surface area contributed by atoms with Crippen molar-refractivity contribution in [3.05, 3.63) is 33.8 Å². The van der Waals surface area contributed by atoms with Gasteiger partial charge in [0.15, 0.2) is 5.78 Å². The molecular weight excluding hydrogens is 322 g/mol. The Bertz CT molecular complexity index is 466. The molecule has 0 heterocycles. The van der Waals surface area contributed by atoms with Gasteiger partial charge in [-0.05, 0) is 25.0 Å². The number of halogens is 3. The summed E-state index contributed by atoms with van der Waals surface area (Å²) in [6, 6.07) is 2.09. The standard InChI is InChI=1S/C13H13BrF2O3/c1-19-12(18)5-3-2-4-11(17)13-9(15)6-8(14)7-10(13)16/h6-7H,2-5H2,1H3. The van der Waals surface area contributed by atoms with Gasteiger partial charge in [0.05, 0.1) is 12.7 Å². The average molecular weight is 335 g/mol. The second kappa shape index (κ2) is 7.33. The van der Waals surface area contributed by atoms with Crippen molar-refractivity contribution in [3.8, 4) is 0 Å². The van der Waals surface area contributed by atoms with E-state index < -0.39 is 23.0 Å². The Balaban J connectivity index is 2.57. The molecule has 0 aliphatic heterocycles. The van der Waals surface area contributed by atoms with Crippen molar-refractivity contribution >= 4 is 27.7 Å². The normalized spacial score (nSPS) is 10.3. The van der Waals surface area contributed by atoms with E-state index in [9.17, 15) is 18.4 Å². The van der Waals surface area contributed by atoms with Crippen molar-refractivity contribution in [2.45, 2.75) is 25.7 Å². The summed E-state index contributed by atoms with van der Waals surface area (Å²) < 4.78 is 31.7. The minimum atomic E-state index is -0.884. The van der Waals surface area contributed by atoms with Crippen molar-refractivity contribution in [2.24, 2.45) is 0 Å². The lowest BCUT2D eigenvalue weighted by Gasteiger charge is -2.05. The van der Waals surface area contributed by atoms with Gasteiger partial charge in [-0.15, -0.1) is 0 Å². The number of hydrogen-bond acceptors (Lipinski definition) is 3. The van der Waals surface area contributed by atoms with E-state index in [1.54, 1.807) is 0 Å². The molecule has 1 aromatic carbocycles. The molecule has 0 unspecified atom stereocenters. The Hall–Kier alpha value is -1.30. The van der Waals surface area contributed by atoms with Crippen LogP contribution in [0.25, 0.3) is 0 Å². The van der Waals surface area contributed by atoms with Crippen LogP contribution >= 0.6 is 15.9 Å². The molecule has 0 fully saturated rings. The second-order valence-electron chi connectivity index (χ2n) is 3.95. The Morgan fingerprint density at radius 3 is 2.21 bits per heavy atom. The van der Waals surface area contributed by atoms with Gasteiger partial charge in [0.25, 0.3) is 0 Å². The maximum absolute atomic E-state index is 13.5. The Labute approximate surface area is 118 Å². The van der Waals surface area contributed by atoms with Crippen LogP contribution in [-0.4, -0.2) is 18.9 Å². The number of hydrogen-bond donors (Lipinski definition) is 0. The summed E-state index contributed by atoms with van der Waals surface area (Å²) in [5.74, 6) is -2.74. The molecule has 1 rings (SSSR count). The van der Waals surface area contributed by atoms with E-state index in [1.807, 2.05) is 0 Å². The molecule has 0 radical (unpaired) electrons. The van der Waals surface area contributed by atoms with E-state index in [4.69, 9.17) is 0 Å². The fourth-order valence-electron chi connectivity index (χ4n) is 1.59. The molecule has 0 spiro atoms. The van der Waals surface area contributed by atoms with Gasteiger partial charge in [0.1, 0.15) is 11.6 Å². The van der Waals surface area contributed by atoms with Crippen LogP contribution in [0.5, 0.6) is 0 Å². The third kappa shape index (κ3) is 4.70. The number of ether oxygens (including phenoxy) is 1. The van der Waals surface area contributed by atoms with E-state index in [2.05, 4.69) is 20.7 Å². The highest BCUT2D eigenvalue weighted by molar-refractivity contribution is 9.10. The number of esters is 1. The highest BCUT2D eigenvalue weighted by atomic mass is 79.9. The summed E-state index contributed by atoms with van der Waals surface area (Å²) in [4.78, 5) is 22.5. The molecule has 0 aromatic heterocycles. The fourth-order valence-corrected chi connectivity index (χ4v) is 1.99. The Morgan fingerprint density at radius 2 is 1.68 bits per heavy atom. The number of unbranched alkanes of at least 4 members (excludes halogenated alkanes) is 1. The third-order valence-corrected chi connectivity index (χ3v) is 3.01. The summed E-state index contributed by atoms with van der Waals surface area (Å²) >= 11 is 2.94.